The summed E-state index contributed by atoms with van der Waals surface area (Å²) in [5.41, 5.74) is 2.22. The van der Waals surface area contributed by atoms with Crippen LogP contribution in [0.3, 0.4) is 0 Å². The van der Waals surface area contributed by atoms with Crippen LogP contribution in [-0.4, -0.2) is 45.8 Å². The van der Waals surface area contributed by atoms with E-state index in [2.05, 4.69) is 5.32 Å². The Labute approximate surface area is 206 Å². The molecule has 3 aromatic rings. The molecule has 2 atom stereocenters. The van der Waals surface area contributed by atoms with E-state index in [-0.39, 0.29) is 42.4 Å². The van der Waals surface area contributed by atoms with E-state index in [0.29, 0.717) is 12.0 Å². The number of carbonyl (C=O) groups is 3. The third-order valence-electron chi connectivity index (χ3n) is 6.42. The average molecular weight is 502 g/mol. The molecule has 1 fully saturated rings. The van der Waals surface area contributed by atoms with Gasteiger partial charge in [0, 0.05) is 40.7 Å². The Morgan fingerprint density at radius 2 is 1.89 bits per heavy atom. The number of alkyl halides is 1. The highest BCUT2D eigenvalue weighted by Gasteiger charge is 2.40. The van der Waals surface area contributed by atoms with E-state index in [9.17, 15) is 23.2 Å². The molecule has 2 heterocycles. The summed E-state index contributed by atoms with van der Waals surface area (Å²) in [5, 5.41) is 3.30. The number of fused-ring (bicyclic) bond motifs is 1. The zero-order valence-electron chi connectivity index (χ0n) is 19.5. The first kappa shape index (κ1) is 24.9. The second kappa shape index (κ2) is 10.2. The lowest BCUT2D eigenvalue weighted by Crippen LogP contribution is -2.46. The first-order valence-electron chi connectivity index (χ1n) is 11.5. The molecule has 184 valence electrons. The molecule has 1 N–H and O–H groups in total. The average Bonchev–Trinajstić information content (AvgIpc) is 3.38. The van der Waals surface area contributed by atoms with Crippen LogP contribution in [0.4, 0.5) is 8.78 Å². The molecule has 4 rings (SSSR count). The normalized spacial score (nSPS) is 17.7. The summed E-state index contributed by atoms with van der Waals surface area (Å²) >= 11 is 5.79. The van der Waals surface area contributed by atoms with Gasteiger partial charge in [-0.05, 0) is 25.5 Å². The van der Waals surface area contributed by atoms with Crippen molar-refractivity contribution in [2.75, 3.05) is 6.54 Å². The fraction of sp³-hybridized carbons (Fsp3) is 0.346. The predicted molar refractivity (Wildman–Crippen MR) is 130 cm³/mol. The molecular weight excluding hydrogens is 476 g/mol. The number of aromatic nitrogens is 1. The van der Waals surface area contributed by atoms with Gasteiger partial charge in [-0.15, -0.1) is 0 Å². The number of benzene rings is 2. The number of para-hydroxylation sites is 1. The van der Waals surface area contributed by atoms with Crippen LogP contribution in [0, 0.1) is 5.82 Å². The Morgan fingerprint density at radius 3 is 2.60 bits per heavy atom. The van der Waals surface area contributed by atoms with Gasteiger partial charge in [0.15, 0.2) is 5.78 Å². The zero-order valence-corrected chi connectivity index (χ0v) is 20.2. The van der Waals surface area contributed by atoms with E-state index in [1.54, 1.807) is 10.6 Å². The van der Waals surface area contributed by atoms with Crippen molar-refractivity contribution in [3.8, 4) is 0 Å². The molecule has 1 aliphatic rings. The van der Waals surface area contributed by atoms with Gasteiger partial charge in [-0.3, -0.25) is 14.4 Å². The van der Waals surface area contributed by atoms with Crippen LogP contribution in [0.2, 0.25) is 5.02 Å². The number of ketones is 1. The van der Waals surface area contributed by atoms with Crippen molar-refractivity contribution in [1.29, 1.82) is 0 Å². The SMILES string of the molecule is CCc1c(C(C)=O)c2ccccc2n1CC(=O)N1C[C@H](F)C[C@H]1C(=O)NCc1cccc(Cl)c1F. The van der Waals surface area contributed by atoms with Crippen LogP contribution >= 0.6 is 11.6 Å². The molecule has 0 unspecified atom stereocenters. The third-order valence-corrected chi connectivity index (χ3v) is 6.71. The maximum absolute atomic E-state index is 14.4. The lowest BCUT2D eigenvalue weighted by atomic mass is 10.1. The topological polar surface area (TPSA) is 71.4 Å². The zero-order chi connectivity index (χ0) is 25.3. The second-order valence-corrected chi connectivity index (χ2v) is 9.07. The lowest BCUT2D eigenvalue weighted by Gasteiger charge is -2.24. The van der Waals surface area contributed by atoms with Gasteiger partial charge in [0.05, 0.1) is 11.6 Å². The van der Waals surface area contributed by atoms with Crippen LogP contribution in [-0.2, 0) is 29.1 Å². The van der Waals surface area contributed by atoms with Crippen molar-refractivity contribution < 1.29 is 23.2 Å². The minimum atomic E-state index is -1.35. The summed E-state index contributed by atoms with van der Waals surface area (Å²) in [6, 6.07) is 10.8. The van der Waals surface area contributed by atoms with E-state index >= 15 is 0 Å². The molecule has 0 bridgehead atoms. The largest absolute Gasteiger partial charge is 0.350 e. The van der Waals surface area contributed by atoms with Gasteiger partial charge in [-0.25, -0.2) is 8.78 Å². The number of nitrogens with zero attached hydrogens (tertiary/aromatic N) is 2. The lowest BCUT2D eigenvalue weighted by molar-refractivity contribution is -0.139. The minimum Gasteiger partial charge on any atom is -0.350 e. The standard InChI is InChI=1S/C26H26ClF2N3O3/c1-3-20-24(15(2)33)18-8-4-5-10-21(18)31(20)14-23(34)32-13-17(28)11-22(32)26(35)30-12-16-7-6-9-19(27)25(16)29/h4-10,17,22H,3,11-14H2,1-2H3,(H,30,35)/t17-,22+/m1/s1. The molecule has 2 amide bonds. The number of carbonyl (C=O) groups excluding carboxylic acids is 3. The molecule has 9 heteroatoms. The number of likely N-dealkylation sites (tertiary alicyclic amines) is 1. The number of hydrogen-bond donors (Lipinski definition) is 1. The van der Waals surface area contributed by atoms with E-state index in [0.717, 1.165) is 16.6 Å². The summed E-state index contributed by atoms with van der Waals surface area (Å²) in [5.74, 6) is -1.72. The highest BCUT2D eigenvalue weighted by Crippen LogP contribution is 2.29. The molecule has 0 spiro atoms. The number of rotatable bonds is 7. The Bertz CT molecular complexity index is 1310. The van der Waals surface area contributed by atoms with Gasteiger partial charge in [0.1, 0.15) is 24.6 Å². The molecule has 6 nitrogen and oxygen atoms in total. The maximum Gasteiger partial charge on any atom is 0.243 e. The van der Waals surface area contributed by atoms with Crippen molar-refractivity contribution >= 4 is 40.1 Å². The summed E-state index contributed by atoms with van der Waals surface area (Å²) in [7, 11) is 0. The number of hydrogen-bond acceptors (Lipinski definition) is 3. The van der Waals surface area contributed by atoms with Crippen molar-refractivity contribution in [3.63, 3.8) is 0 Å². The number of halogens is 3. The first-order valence-corrected chi connectivity index (χ1v) is 11.9. The van der Waals surface area contributed by atoms with E-state index in [1.807, 2.05) is 31.2 Å². The Kier molecular flexibility index (Phi) is 7.21. The predicted octanol–water partition coefficient (Wildman–Crippen LogP) is 4.45. The molecule has 0 aliphatic carbocycles. The van der Waals surface area contributed by atoms with Crippen molar-refractivity contribution in [1.82, 2.24) is 14.8 Å². The third kappa shape index (κ3) is 4.80. The molecule has 0 radical (unpaired) electrons. The first-order chi connectivity index (χ1) is 16.7. The number of Topliss-reactive ketones (excluding diaryl/α,β-unsaturated/α-hetero) is 1. The Morgan fingerprint density at radius 1 is 1.14 bits per heavy atom. The molecule has 1 saturated heterocycles. The smallest absolute Gasteiger partial charge is 0.243 e. The van der Waals surface area contributed by atoms with Gasteiger partial charge in [-0.1, -0.05) is 48.9 Å². The monoisotopic (exact) mass is 501 g/mol. The Hall–Kier alpha value is -3.26. The fourth-order valence-corrected chi connectivity index (χ4v) is 5.01. The van der Waals surface area contributed by atoms with E-state index in [1.165, 1.54) is 24.0 Å². The fourth-order valence-electron chi connectivity index (χ4n) is 4.82. The summed E-state index contributed by atoms with van der Waals surface area (Å²) in [6.45, 7) is 2.93. The van der Waals surface area contributed by atoms with Gasteiger partial charge < -0.3 is 14.8 Å². The summed E-state index contributed by atoms with van der Waals surface area (Å²) in [4.78, 5) is 39.8. The number of nitrogens with one attached hydrogen (secondary N) is 1. The second-order valence-electron chi connectivity index (χ2n) is 8.66. The van der Waals surface area contributed by atoms with Crippen LogP contribution in [0.15, 0.2) is 42.5 Å². The molecular formula is C26H26ClF2N3O3. The van der Waals surface area contributed by atoms with Gasteiger partial charge >= 0.3 is 0 Å². The molecule has 0 saturated carbocycles. The Balaban J connectivity index is 1.56. The molecule has 35 heavy (non-hydrogen) atoms. The highest BCUT2D eigenvalue weighted by atomic mass is 35.5. The van der Waals surface area contributed by atoms with Crippen molar-refractivity contribution in [2.24, 2.45) is 0 Å². The minimum absolute atomic E-state index is 0.0613. The van der Waals surface area contributed by atoms with Crippen LogP contribution < -0.4 is 5.32 Å². The van der Waals surface area contributed by atoms with Crippen molar-refractivity contribution in [2.45, 2.75) is 52.0 Å². The highest BCUT2D eigenvalue weighted by molar-refractivity contribution is 6.30. The van der Waals surface area contributed by atoms with Crippen LogP contribution in [0.5, 0.6) is 0 Å². The van der Waals surface area contributed by atoms with Crippen LogP contribution in [0.1, 0.15) is 41.9 Å². The van der Waals surface area contributed by atoms with E-state index < -0.39 is 29.8 Å². The number of amides is 2. The molecule has 2 aromatic carbocycles. The quantitative estimate of drug-likeness (QED) is 0.486. The van der Waals surface area contributed by atoms with Gasteiger partial charge in [-0.2, -0.15) is 0 Å². The van der Waals surface area contributed by atoms with Gasteiger partial charge in [0.25, 0.3) is 0 Å². The van der Waals surface area contributed by atoms with Gasteiger partial charge in [0.2, 0.25) is 11.8 Å². The van der Waals surface area contributed by atoms with E-state index in [4.69, 9.17) is 11.6 Å². The van der Waals surface area contributed by atoms with Crippen molar-refractivity contribution in [3.05, 3.63) is 70.1 Å². The molecule has 1 aliphatic heterocycles. The summed E-state index contributed by atoms with van der Waals surface area (Å²) < 4.78 is 30.3. The van der Waals surface area contributed by atoms with Crippen LogP contribution in [0.25, 0.3) is 10.9 Å². The maximum atomic E-state index is 14.4. The summed E-state index contributed by atoms with van der Waals surface area (Å²) in [6.07, 6.45) is -0.962. The molecule has 1 aromatic heterocycles.